The van der Waals surface area contributed by atoms with Crippen LogP contribution in [-0.2, 0) is 14.6 Å². The van der Waals surface area contributed by atoms with E-state index in [9.17, 15) is 13.2 Å². The van der Waals surface area contributed by atoms with Crippen LogP contribution in [-0.4, -0.2) is 60.1 Å². The van der Waals surface area contributed by atoms with Crippen LogP contribution in [0.2, 0.25) is 0 Å². The van der Waals surface area contributed by atoms with Crippen molar-refractivity contribution in [3.05, 3.63) is 37.1 Å². The van der Waals surface area contributed by atoms with Crippen LogP contribution in [0.1, 0.15) is 18.2 Å². The highest BCUT2D eigenvalue weighted by Crippen LogP contribution is 2.27. The van der Waals surface area contributed by atoms with E-state index in [1.165, 1.54) is 0 Å². The number of hydrogen-bond donors (Lipinski definition) is 1. The molecule has 0 spiro atoms. The van der Waals surface area contributed by atoms with Crippen LogP contribution in [0.5, 0.6) is 0 Å². The Morgan fingerprint density at radius 3 is 2.67 bits per heavy atom. The summed E-state index contributed by atoms with van der Waals surface area (Å²) in [5.74, 6) is 0.587. The number of aromatic nitrogens is 2. The van der Waals surface area contributed by atoms with E-state index in [0.717, 1.165) is 5.69 Å². The molecule has 1 atom stereocenters. The van der Waals surface area contributed by atoms with Crippen LogP contribution in [0, 0.1) is 6.92 Å². The Morgan fingerprint density at radius 1 is 1.46 bits per heavy atom. The quantitative estimate of drug-likeness (QED) is 0.710. The minimum atomic E-state index is -3.02. The molecule has 1 fully saturated rings. The Balaban J connectivity index is 2.08. The molecule has 7 nitrogen and oxygen atoms in total. The Hall–Kier alpha value is -1.93. The zero-order valence-corrected chi connectivity index (χ0v) is 14.8. The maximum atomic E-state index is 12.3. The van der Waals surface area contributed by atoms with Gasteiger partial charge in [-0.3, -0.25) is 9.69 Å². The van der Waals surface area contributed by atoms with Crippen LogP contribution >= 0.6 is 0 Å². The highest BCUT2D eigenvalue weighted by Gasteiger charge is 2.31. The van der Waals surface area contributed by atoms with Crippen molar-refractivity contribution in [3.63, 3.8) is 0 Å². The average Bonchev–Trinajstić information content (AvgIpc) is 3.01. The third kappa shape index (κ3) is 4.78. The Bertz CT molecular complexity index is 714. The number of nitrogens with one attached hydrogen (secondary N) is 1. The summed E-state index contributed by atoms with van der Waals surface area (Å²) in [5.41, 5.74) is 0.739. The number of aryl methyl sites for hydroxylation is 1. The van der Waals surface area contributed by atoms with Crippen molar-refractivity contribution in [2.45, 2.75) is 19.4 Å². The van der Waals surface area contributed by atoms with Gasteiger partial charge in [0.25, 0.3) is 0 Å². The fourth-order valence-corrected chi connectivity index (χ4v) is 4.50. The average molecular weight is 352 g/mol. The molecule has 8 heteroatoms. The predicted octanol–water partition coefficient (Wildman–Crippen LogP) is 1.16. The second-order valence-corrected chi connectivity index (χ2v) is 8.22. The van der Waals surface area contributed by atoms with Gasteiger partial charge in [-0.25, -0.2) is 13.1 Å². The van der Waals surface area contributed by atoms with Gasteiger partial charge in [0.05, 0.1) is 29.8 Å². The minimum Gasteiger partial charge on any atom is -0.310 e. The number of carbonyl (C=O) groups excluding carboxylic acids is 1. The highest BCUT2D eigenvalue weighted by atomic mass is 32.2. The van der Waals surface area contributed by atoms with Crippen molar-refractivity contribution in [2.24, 2.45) is 0 Å². The molecule has 1 N–H and O–H groups in total. The van der Waals surface area contributed by atoms with Gasteiger partial charge < -0.3 is 5.32 Å². The molecule has 0 unspecified atom stereocenters. The summed E-state index contributed by atoms with van der Waals surface area (Å²) in [6.45, 7) is 10.5. The number of rotatable bonds is 8. The topological polar surface area (TPSA) is 84.3 Å². The molecular weight excluding hydrogens is 328 g/mol. The summed E-state index contributed by atoms with van der Waals surface area (Å²) < 4.78 is 25.0. The van der Waals surface area contributed by atoms with Gasteiger partial charge in [-0.15, -0.1) is 13.2 Å². The Labute approximate surface area is 142 Å². The molecule has 132 valence electrons. The van der Waals surface area contributed by atoms with E-state index in [4.69, 9.17) is 0 Å². The summed E-state index contributed by atoms with van der Waals surface area (Å²) >= 11 is 0. The number of sulfone groups is 1. The molecule has 0 aliphatic carbocycles. The maximum absolute atomic E-state index is 12.3. The molecule has 2 rings (SSSR count). The second kappa shape index (κ2) is 7.76. The lowest BCUT2D eigenvalue weighted by Crippen LogP contribution is -2.34. The first-order chi connectivity index (χ1) is 11.3. The normalized spacial score (nSPS) is 19.3. The summed E-state index contributed by atoms with van der Waals surface area (Å²) in [5, 5.41) is 7.19. The van der Waals surface area contributed by atoms with Crippen molar-refractivity contribution < 1.29 is 13.2 Å². The van der Waals surface area contributed by atoms with E-state index >= 15 is 0 Å². The molecule has 0 saturated carbocycles. The van der Waals surface area contributed by atoms with Gasteiger partial charge in [-0.1, -0.05) is 12.2 Å². The van der Waals surface area contributed by atoms with E-state index in [-0.39, 0.29) is 30.0 Å². The van der Waals surface area contributed by atoms with Gasteiger partial charge in [-0.2, -0.15) is 5.10 Å². The van der Waals surface area contributed by atoms with Crippen LogP contribution in [0.15, 0.2) is 31.4 Å². The fraction of sp³-hybridized carbons (Fsp3) is 0.500. The summed E-state index contributed by atoms with van der Waals surface area (Å²) in [4.78, 5) is 14.2. The van der Waals surface area contributed by atoms with Crippen molar-refractivity contribution in [3.8, 4) is 0 Å². The zero-order chi connectivity index (χ0) is 17.7. The number of nitrogens with zero attached hydrogens (tertiary/aromatic N) is 3. The predicted molar refractivity (Wildman–Crippen MR) is 94.7 cm³/mol. The first-order valence-electron chi connectivity index (χ1n) is 7.85. The highest BCUT2D eigenvalue weighted by molar-refractivity contribution is 7.91. The van der Waals surface area contributed by atoms with Crippen LogP contribution in [0.25, 0.3) is 0 Å². The van der Waals surface area contributed by atoms with Gasteiger partial charge in [0.2, 0.25) is 5.91 Å². The monoisotopic (exact) mass is 352 g/mol. The van der Waals surface area contributed by atoms with Gasteiger partial charge in [-0.05, 0) is 13.3 Å². The molecule has 1 aliphatic heterocycles. The standard InChI is InChI=1S/C16H24N4O3S/c1-4-7-19(8-5-2)11-16(21)17-15-10-13(3)18-20(15)14-6-9-24(22,23)12-14/h4-5,10,14H,1-2,6-9,11-12H2,3H3,(H,17,21)/t14-/m1/s1. The van der Waals surface area contributed by atoms with E-state index in [0.29, 0.717) is 25.3 Å². The van der Waals surface area contributed by atoms with Gasteiger partial charge in [0, 0.05) is 19.2 Å². The summed E-state index contributed by atoms with van der Waals surface area (Å²) in [6, 6.07) is 1.53. The summed E-state index contributed by atoms with van der Waals surface area (Å²) in [7, 11) is -3.02. The second-order valence-electron chi connectivity index (χ2n) is 5.99. The van der Waals surface area contributed by atoms with Crippen LogP contribution in [0.4, 0.5) is 5.82 Å². The summed E-state index contributed by atoms with van der Waals surface area (Å²) in [6.07, 6.45) is 3.98. The molecule has 1 aromatic rings. The number of amides is 1. The van der Waals surface area contributed by atoms with Crippen molar-refractivity contribution in [2.75, 3.05) is 36.5 Å². The first kappa shape index (κ1) is 18.4. The maximum Gasteiger partial charge on any atom is 0.239 e. The van der Waals surface area contributed by atoms with Gasteiger partial charge in [0.15, 0.2) is 9.84 Å². The molecule has 24 heavy (non-hydrogen) atoms. The lowest BCUT2D eigenvalue weighted by Gasteiger charge is -2.19. The van der Waals surface area contributed by atoms with Crippen LogP contribution in [0.3, 0.4) is 0 Å². The third-order valence-electron chi connectivity index (χ3n) is 3.82. The van der Waals surface area contributed by atoms with Gasteiger partial charge in [0.1, 0.15) is 5.82 Å². The molecule has 1 saturated heterocycles. The van der Waals surface area contributed by atoms with Crippen molar-refractivity contribution in [1.82, 2.24) is 14.7 Å². The molecule has 0 aromatic carbocycles. The zero-order valence-electron chi connectivity index (χ0n) is 13.9. The van der Waals surface area contributed by atoms with Crippen molar-refractivity contribution >= 4 is 21.6 Å². The number of carbonyl (C=O) groups is 1. The van der Waals surface area contributed by atoms with Crippen LogP contribution < -0.4 is 5.32 Å². The van der Waals surface area contributed by atoms with Crippen molar-refractivity contribution in [1.29, 1.82) is 0 Å². The molecule has 2 heterocycles. The lowest BCUT2D eigenvalue weighted by molar-refractivity contribution is -0.117. The molecule has 1 aromatic heterocycles. The van der Waals surface area contributed by atoms with E-state index in [1.807, 2.05) is 11.8 Å². The first-order valence-corrected chi connectivity index (χ1v) is 9.67. The molecule has 0 radical (unpaired) electrons. The fourth-order valence-electron chi connectivity index (χ4n) is 2.81. The Kier molecular flexibility index (Phi) is 5.95. The van der Waals surface area contributed by atoms with E-state index in [2.05, 4.69) is 23.6 Å². The molecule has 1 aliphatic rings. The van der Waals surface area contributed by atoms with E-state index in [1.54, 1.807) is 22.9 Å². The molecular formula is C16H24N4O3S. The number of anilines is 1. The SMILES string of the molecule is C=CCN(CC=C)CC(=O)Nc1cc(C)nn1[C@@H]1CCS(=O)(=O)C1. The minimum absolute atomic E-state index is 0.0655. The largest absolute Gasteiger partial charge is 0.310 e. The Morgan fingerprint density at radius 2 is 2.12 bits per heavy atom. The van der Waals surface area contributed by atoms with Gasteiger partial charge >= 0.3 is 0 Å². The molecule has 0 bridgehead atoms. The smallest absolute Gasteiger partial charge is 0.239 e. The van der Waals surface area contributed by atoms with E-state index < -0.39 is 9.84 Å². The number of hydrogen-bond acceptors (Lipinski definition) is 5. The lowest BCUT2D eigenvalue weighted by atomic mass is 10.3. The third-order valence-corrected chi connectivity index (χ3v) is 5.57. The molecule has 1 amide bonds.